The quantitative estimate of drug-likeness (QED) is 0.274. The van der Waals surface area contributed by atoms with Crippen LogP contribution in [0.2, 0.25) is 5.02 Å². The van der Waals surface area contributed by atoms with Crippen molar-refractivity contribution in [3.05, 3.63) is 63.5 Å². The number of hydrogen-bond acceptors (Lipinski definition) is 6. The molecule has 5 fully saturated rings. The predicted molar refractivity (Wildman–Crippen MR) is 157 cm³/mol. The zero-order chi connectivity index (χ0) is 27.1. The second kappa shape index (κ2) is 10.8. The van der Waals surface area contributed by atoms with Gasteiger partial charge in [0.2, 0.25) is 5.91 Å². The molecule has 1 heterocycles. The summed E-state index contributed by atoms with van der Waals surface area (Å²) in [7, 11) is 0. The van der Waals surface area contributed by atoms with E-state index in [0.717, 1.165) is 30.4 Å². The summed E-state index contributed by atoms with van der Waals surface area (Å²) in [5, 5.41) is 1.94. The molecule has 2 amide bonds. The first kappa shape index (κ1) is 26.7. The molecule has 1 N–H and O–H groups in total. The fourth-order valence-electron chi connectivity index (χ4n) is 7.07. The van der Waals surface area contributed by atoms with Gasteiger partial charge in [-0.15, -0.1) is 0 Å². The summed E-state index contributed by atoms with van der Waals surface area (Å²) >= 11 is 12.7. The fourth-order valence-corrected chi connectivity index (χ4v) is 8.37. The molecule has 204 valence electrons. The van der Waals surface area contributed by atoms with Crippen LogP contribution in [0.15, 0.2) is 47.4 Å². The lowest BCUT2D eigenvalue weighted by Crippen LogP contribution is -2.57. The molecule has 0 unspecified atom stereocenters. The van der Waals surface area contributed by atoms with Gasteiger partial charge in [0.25, 0.3) is 5.91 Å². The molecule has 0 aromatic heterocycles. The average Bonchev–Trinajstić information content (AvgIpc) is 3.16. The van der Waals surface area contributed by atoms with Gasteiger partial charge in [0.1, 0.15) is 6.61 Å². The van der Waals surface area contributed by atoms with Crippen LogP contribution < -0.4 is 14.9 Å². The summed E-state index contributed by atoms with van der Waals surface area (Å²) in [5.74, 6) is 2.79. The van der Waals surface area contributed by atoms with E-state index in [9.17, 15) is 9.59 Å². The van der Waals surface area contributed by atoms with E-state index in [-0.39, 0.29) is 17.2 Å². The highest BCUT2D eigenvalue weighted by molar-refractivity contribution is 8.26. The lowest BCUT2D eigenvalue weighted by Gasteiger charge is -2.55. The van der Waals surface area contributed by atoms with E-state index >= 15 is 0 Å². The smallest absolute Gasteiger partial charge is 0.285 e. The highest BCUT2D eigenvalue weighted by Gasteiger charge is 2.55. The number of thiocarbonyl (C=S) groups is 1. The maximum absolute atomic E-state index is 13.5. The van der Waals surface area contributed by atoms with Gasteiger partial charge in [-0.05, 0) is 117 Å². The topological polar surface area (TPSA) is 67.9 Å². The second-order valence-electron chi connectivity index (χ2n) is 11.2. The minimum Gasteiger partial charge on any atom is -0.490 e. The van der Waals surface area contributed by atoms with Gasteiger partial charge < -0.3 is 9.47 Å². The summed E-state index contributed by atoms with van der Waals surface area (Å²) < 4.78 is 12.2. The molecule has 2 aromatic rings. The number of ether oxygens (including phenoxy) is 2. The van der Waals surface area contributed by atoms with E-state index in [0.29, 0.717) is 56.7 Å². The van der Waals surface area contributed by atoms with Crippen LogP contribution >= 0.6 is 35.6 Å². The largest absolute Gasteiger partial charge is 0.490 e. The Kier molecular flexibility index (Phi) is 7.37. The van der Waals surface area contributed by atoms with Crippen molar-refractivity contribution in [2.24, 2.45) is 23.2 Å². The van der Waals surface area contributed by atoms with Crippen LogP contribution in [0.4, 0.5) is 0 Å². The van der Waals surface area contributed by atoms with Crippen molar-refractivity contribution in [2.75, 3.05) is 6.61 Å². The number of rotatable bonds is 8. The number of amides is 2. The van der Waals surface area contributed by atoms with Crippen LogP contribution in [0.5, 0.6) is 11.5 Å². The first-order chi connectivity index (χ1) is 18.8. The third-order valence-corrected chi connectivity index (χ3v) is 9.95. The molecule has 0 atom stereocenters. The number of halogens is 1. The Hall–Kier alpha value is -2.55. The number of benzene rings is 2. The Bertz CT molecular complexity index is 1310. The molecule has 0 radical (unpaired) electrons. The Morgan fingerprint density at radius 3 is 2.38 bits per heavy atom. The molecule has 5 aliphatic rings. The number of nitrogens with one attached hydrogen (secondary N) is 1. The lowest BCUT2D eigenvalue weighted by atomic mass is 9.49. The summed E-state index contributed by atoms with van der Waals surface area (Å²) in [5.41, 5.74) is 4.34. The second-order valence-corrected chi connectivity index (χ2v) is 13.3. The molecule has 9 heteroatoms. The Labute approximate surface area is 243 Å². The summed E-state index contributed by atoms with van der Waals surface area (Å²) in [4.78, 5) is 27.3. The van der Waals surface area contributed by atoms with Gasteiger partial charge in [0.05, 0.1) is 16.9 Å². The number of hydrazine groups is 1. The molecule has 6 nitrogen and oxygen atoms in total. The lowest BCUT2D eigenvalue weighted by molar-refractivity contribution is -0.152. The van der Waals surface area contributed by atoms with Crippen molar-refractivity contribution < 1.29 is 19.1 Å². The van der Waals surface area contributed by atoms with E-state index in [1.165, 1.54) is 36.0 Å². The maximum atomic E-state index is 13.5. The summed E-state index contributed by atoms with van der Waals surface area (Å²) in [6.07, 6.45) is 8.34. The number of carbonyl (C=O) groups is 2. The van der Waals surface area contributed by atoms with E-state index in [1.54, 1.807) is 6.08 Å². The highest BCUT2D eigenvalue weighted by atomic mass is 35.5. The summed E-state index contributed by atoms with van der Waals surface area (Å²) in [6, 6.07) is 13.1. The predicted octanol–water partition coefficient (Wildman–Crippen LogP) is 6.77. The van der Waals surface area contributed by atoms with Gasteiger partial charge in [0, 0.05) is 5.02 Å². The van der Waals surface area contributed by atoms with Crippen molar-refractivity contribution in [1.82, 2.24) is 10.4 Å². The van der Waals surface area contributed by atoms with Crippen molar-refractivity contribution in [3.63, 3.8) is 0 Å². The van der Waals surface area contributed by atoms with E-state index in [4.69, 9.17) is 33.3 Å². The van der Waals surface area contributed by atoms with Gasteiger partial charge in [0.15, 0.2) is 15.8 Å². The molecule has 1 aliphatic heterocycles. The molecule has 7 rings (SSSR count). The normalized spacial score (nSPS) is 28.3. The van der Waals surface area contributed by atoms with E-state index in [2.05, 4.69) is 5.43 Å². The monoisotopic (exact) mass is 582 g/mol. The van der Waals surface area contributed by atoms with E-state index in [1.807, 2.05) is 49.4 Å². The minimum absolute atomic E-state index is 0.0417. The zero-order valence-corrected chi connectivity index (χ0v) is 24.2. The summed E-state index contributed by atoms with van der Waals surface area (Å²) in [6.45, 7) is 2.76. The molecule has 2 aromatic carbocycles. The van der Waals surface area contributed by atoms with Gasteiger partial charge in [-0.25, -0.2) is 0 Å². The van der Waals surface area contributed by atoms with Gasteiger partial charge in [-0.3, -0.25) is 15.0 Å². The van der Waals surface area contributed by atoms with Crippen LogP contribution in [0.3, 0.4) is 0 Å². The van der Waals surface area contributed by atoms with Crippen LogP contribution in [0, 0.1) is 23.2 Å². The third-order valence-electron chi connectivity index (χ3n) is 8.40. The molecule has 4 bridgehead atoms. The van der Waals surface area contributed by atoms with Crippen LogP contribution in [-0.2, 0) is 16.2 Å². The first-order valence-corrected chi connectivity index (χ1v) is 15.2. The van der Waals surface area contributed by atoms with E-state index < -0.39 is 0 Å². The molecule has 1 saturated heterocycles. The Morgan fingerprint density at radius 2 is 1.74 bits per heavy atom. The molecule has 4 saturated carbocycles. The van der Waals surface area contributed by atoms with Crippen molar-refractivity contribution in [3.8, 4) is 11.5 Å². The number of thioether (sulfide) groups is 1. The molecule has 39 heavy (non-hydrogen) atoms. The first-order valence-electron chi connectivity index (χ1n) is 13.5. The number of hydrogen-bond donors (Lipinski definition) is 1. The van der Waals surface area contributed by atoms with Crippen molar-refractivity contribution in [2.45, 2.75) is 52.1 Å². The Balaban J connectivity index is 1.15. The number of carbonyl (C=O) groups excluding carboxylic acids is 2. The van der Waals surface area contributed by atoms with Crippen LogP contribution in [-0.4, -0.2) is 27.8 Å². The van der Waals surface area contributed by atoms with Crippen LogP contribution in [0.25, 0.3) is 6.08 Å². The standard InChI is InChI=1S/C30H31ClN2O4S2/c1-2-36-25-12-19(5-8-24(25)37-17-18-3-6-23(31)7-4-18)13-26-27(34)33(29(38)39-26)32-28(35)30-14-20-9-21(15-30)11-22(10-20)16-30/h3-8,12-13,20-22H,2,9-11,14-17H2,1H3,(H,32,35)/b26-13+. The highest BCUT2D eigenvalue weighted by Crippen LogP contribution is 2.60. The minimum atomic E-state index is -0.351. The molecule has 0 spiro atoms. The molecular formula is C30H31ClN2O4S2. The van der Waals surface area contributed by atoms with Gasteiger partial charge in [-0.1, -0.05) is 41.6 Å². The van der Waals surface area contributed by atoms with Crippen LogP contribution in [0.1, 0.15) is 56.6 Å². The maximum Gasteiger partial charge on any atom is 0.285 e. The third kappa shape index (κ3) is 5.43. The molecular weight excluding hydrogens is 552 g/mol. The Morgan fingerprint density at radius 1 is 1.08 bits per heavy atom. The number of nitrogens with zero attached hydrogens (tertiary/aromatic N) is 1. The van der Waals surface area contributed by atoms with Gasteiger partial charge in [-0.2, -0.15) is 5.01 Å². The molecule has 4 aliphatic carbocycles. The average molecular weight is 583 g/mol. The van der Waals surface area contributed by atoms with Crippen molar-refractivity contribution in [1.29, 1.82) is 0 Å². The fraction of sp³-hybridized carbons (Fsp3) is 0.433. The SMILES string of the molecule is CCOc1cc(/C=C2/SC(=S)N(NC(=O)C34CC5CC(CC(C5)C3)C4)C2=O)ccc1OCc1ccc(Cl)cc1. The van der Waals surface area contributed by atoms with Crippen molar-refractivity contribution >= 4 is 57.8 Å². The zero-order valence-electron chi connectivity index (χ0n) is 21.8. The van der Waals surface area contributed by atoms with Gasteiger partial charge >= 0.3 is 0 Å².